The summed E-state index contributed by atoms with van der Waals surface area (Å²) in [6, 6.07) is 18.2. The van der Waals surface area contributed by atoms with E-state index in [0.717, 1.165) is 41.2 Å². The van der Waals surface area contributed by atoms with Crippen LogP contribution in [0.5, 0.6) is 5.75 Å². The van der Waals surface area contributed by atoms with E-state index in [1.165, 1.54) is 5.56 Å². The van der Waals surface area contributed by atoms with Crippen LogP contribution in [-0.2, 0) is 12.8 Å². The number of rotatable bonds is 6. The fourth-order valence-corrected chi connectivity index (χ4v) is 2.89. The second-order valence-corrected chi connectivity index (χ2v) is 5.98. The summed E-state index contributed by atoms with van der Waals surface area (Å²) in [5.74, 6) is 2.29. The second-order valence-electron chi connectivity index (χ2n) is 5.98. The van der Waals surface area contributed by atoms with E-state index in [9.17, 15) is 0 Å². The van der Waals surface area contributed by atoms with Crippen molar-refractivity contribution in [2.75, 3.05) is 7.11 Å². The smallest absolute Gasteiger partial charge is 0.184 e. The molecular weight excluding hydrogens is 326 g/mol. The summed E-state index contributed by atoms with van der Waals surface area (Å²) in [5.41, 5.74) is 4.00. The number of nitrogens with one attached hydrogen (secondary N) is 2. The molecule has 0 radical (unpaired) electrons. The number of aryl methyl sites for hydroxylation is 2. The first kappa shape index (κ1) is 16.1. The Morgan fingerprint density at radius 3 is 2.69 bits per heavy atom. The van der Waals surface area contributed by atoms with Gasteiger partial charge >= 0.3 is 0 Å². The Bertz CT molecular complexity index is 990. The van der Waals surface area contributed by atoms with Crippen molar-refractivity contribution in [3.8, 4) is 28.4 Å². The van der Waals surface area contributed by atoms with Crippen LogP contribution < -0.4 is 4.74 Å². The number of hydrogen-bond acceptors (Lipinski definition) is 4. The van der Waals surface area contributed by atoms with Gasteiger partial charge in [-0.3, -0.25) is 10.2 Å². The van der Waals surface area contributed by atoms with Crippen molar-refractivity contribution in [1.82, 2.24) is 25.4 Å². The third kappa shape index (κ3) is 3.35. The van der Waals surface area contributed by atoms with Crippen LogP contribution in [0.3, 0.4) is 0 Å². The van der Waals surface area contributed by atoms with Gasteiger partial charge < -0.3 is 4.74 Å². The fourth-order valence-electron chi connectivity index (χ4n) is 2.89. The van der Waals surface area contributed by atoms with Crippen molar-refractivity contribution in [3.63, 3.8) is 0 Å². The summed E-state index contributed by atoms with van der Waals surface area (Å²) >= 11 is 0. The third-order valence-corrected chi connectivity index (χ3v) is 4.26. The van der Waals surface area contributed by atoms with Gasteiger partial charge in [0.1, 0.15) is 11.6 Å². The van der Waals surface area contributed by atoms with Gasteiger partial charge in [-0.25, -0.2) is 4.98 Å². The van der Waals surface area contributed by atoms with Gasteiger partial charge in [0.2, 0.25) is 0 Å². The molecule has 0 aliphatic carbocycles. The minimum atomic E-state index is 0.639. The first-order valence-corrected chi connectivity index (χ1v) is 8.47. The molecule has 0 aliphatic rings. The van der Waals surface area contributed by atoms with Crippen LogP contribution in [0.25, 0.3) is 22.6 Å². The van der Waals surface area contributed by atoms with E-state index >= 15 is 0 Å². The highest BCUT2D eigenvalue weighted by Gasteiger charge is 2.15. The van der Waals surface area contributed by atoms with Crippen molar-refractivity contribution >= 4 is 0 Å². The van der Waals surface area contributed by atoms with Crippen LogP contribution in [0.15, 0.2) is 60.8 Å². The monoisotopic (exact) mass is 345 g/mol. The topological polar surface area (TPSA) is 79.5 Å². The minimum Gasteiger partial charge on any atom is -0.497 e. The van der Waals surface area contributed by atoms with E-state index in [2.05, 4.69) is 37.5 Å². The van der Waals surface area contributed by atoms with Gasteiger partial charge in [-0.1, -0.05) is 42.5 Å². The van der Waals surface area contributed by atoms with Crippen LogP contribution in [-0.4, -0.2) is 32.5 Å². The molecule has 130 valence electrons. The van der Waals surface area contributed by atoms with E-state index in [4.69, 9.17) is 4.74 Å². The van der Waals surface area contributed by atoms with Crippen LogP contribution >= 0.6 is 0 Å². The Labute approximate surface area is 151 Å². The van der Waals surface area contributed by atoms with Crippen LogP contribution in [0, 0.1) is 0 Å². The van der Waals surface area contributed by atoms with Gasteiger partial charge in [0.15, 0.2) is 5.82 Å². The summed E-state index contributed by atoms with van der Waals surface area (Å²) in [6.07, 6.45) is 3.48. The van der Waals surface area contributed by atoms with Crippen molar-refractivity contribution in [2.45, 2.75) is 12.8 Å². The molecule has 0 unspecified atom stereocenters. The molecule has 0 saturated carbocycles. The molecule has 0 aliphatic heterocycles. The van der Waals surface area contributed by atoms with Crippen LogP contribution in [0.1, 0.15) is 11.4 Å². The van der Waals surface area contributed by atoms with Crippen LogP contribution in [0.4, 0.5) is 0 Å². The third-order valence-electron chi connectivity index (χ3n) is 4.26. The number of aromatic amines is 2. The van der Waals surface area contributed by atoms with Gasteiger partial charge in [0.05, 0.1) is 24.6 Å². The molecular formula is C20H19N5O. The summed E-state index contributed by atoms with van der Waals surface area (Å²) < 4.78 is 5.30. The van der Waals surface area contributed by atoms with Crippen molar-refractivity contribution in [3.05, 3.63) is 72.2 Å². The largest absolute Gasteiger partial charge is 0.497 e. The van der Waals surface area contributed by atoms with Gasteiger partial charge in [0.25, 0.3) is 0 Å². The Balaban J connectivity index is 1.56. The standard InChI is InChI=1S/C20H19N5O/c1-26-16-9-5-8-15(12-16)19-17(13-21-24-19)20-22-18(23-25-20)11-10-14-6-3-2-4-7-14/h2-9,12-13H,10-11H2,1H3,(H,21,24)(H,22,23,25). The molecule has 2 aromatic heterocycles. The lowest BCUT2D eigenvalue weighted by atomic mass is 10.1. The normalized spacial score (nSPS) is 10.8. The van der Waals surface area contributed by atoms with Crippen molar-refractivity contribution in [1.29, 1.82) is 0 Å². The summed E-state index contributed by atoms with van der Waals surface area (Å²) in [5, 5.41) is 14.6. The van der Waals surface area contributed by atoms with E-state index < -0.39 is 0 Å². The van der Waals surface area contributed by atoms with E-state index in [0.29, 0.717) is 5.82 Å². The SMILES string of the molecule is COc1cccc(-c2[nH]ncc2-c2n[nH]c(CCc3ccccc3)n2)c1. The van der Waals surface area contributed by atoms with Gasteiger partial charge in [-0.2, -0.15) is 10.2 Å². The molecule has 0 saturated heterocycles. The average molecular weight is 345 g/mol. The van der Waals surface area contributed by atoms with Gasteiger partial charge in [0, 0.05) is 12.0 Å². The lowest BCUT2D eigenvalue weighted by Crippen LogP contribution is -1.93. The Hall–Kier alpha value is -3.41. The molecule has 6 heteroatoms. The zero-order valence-corrected chi connectivity index (χ0v) is 14.4. The first-order valence-electron chi connectivity index (χ1n) is 8.47. The lowest BCUT2D eigenvalue weighted by Gasteiger charge is -2.03. The minimum absolute atomic E-state index is 0.639. The average Bonchev–Trinajstić information content (AvgIpc) is 3.36. The van der Waals surface area contributed by atoms with Gasteiger partial charge in [-0.05, 0) is 24.1 Å². The summed E-state index contributed by atoms with van der Waals surface area (Å²) in [7, 11) is 1.65. The maximum absolute atomic E-state index is 5.30. The summed E-state index contributed by atoms with van der Waals surface area (Å²) in [4.78, 5) is 4.64. The first-order chi connectivity index (χ1) is 12.8. The number of ether oxygens (including phenoxy) is 1. The Morgan fingerprint density at radius 2 is 1.85 bits per heavy atom. The molecule has 2 aromatic carbocycles. The quantitative estimate of drug-likeness (QED) is 0.559. The van der Waals surface area contributed by atoms with Crippen molar-refractivity contribution in [2.24, 2.45) is 0 Å². The highest BCUT2D eigenvalue weighted by atomic mass is 16.5. The van der Waals surface area contributed by atoms with E-state index in [1.54, 1.807) is 13.3 Å². The number of aromatic nitrogens is 5. The number of benzene rings is 2. The fraction of sp³-hybridized carbons (Fsp3) is 0.150. The molecule has 0 atom stereocenters. The van der Waals surface area contributed by atoms with E-state index in [1.807, 2.05) is 42.5 Å². The molecule has 0 bridgehead atoms. The summed E-state index contributed by atoms with van der Waals surface area (Å²) in [6.45, 7) is 0. The number of H-pyrrole nitrogens is 2. The maximum atomic E-state index is 5.30. The zero-order valence-electron chi connectivity index (χ0n) is 14.4. The molecule has 0 fully saturated rings. The Morgan fingerprint density at radius 1 is 0.962 bits per heavy atom. The number of methoxy groups -OCH3 is 1. The second kappa shape index (κ2) is 7.23. The highest BCUT2D eigenvalue weighted by Crippen LogP contribution is 2.30. The number of nitrogens with zero attached hydrogens (tertiary/aromatic N) is 3. The molecule has 2 heterocycles. The molecule has 4 aromatic rings. The molecule has 4 rings (SSSR count). The predicted octanol–water partition coefficient (Wildman–Crippen LogP) is 3.66. The van der Waals surface area contributed by atoms with Crippen molar-refractivity contribution < 1.29 is 4.74 Å². The molecule has 0 amide bonds. The predicted molar refractivity (Wildman–Crippen MR) is 99.8 cm³/mol. The maximum Gasteiger partial charge on any atom is 0.184 e. The molecule has 6 nitrogen and oxygen atoms in total. The molecule has 26 heavy (non-hydrogen) atoms. The number of hydrogen-bond donors (Lipinski definition) is 2. The Kier molecular flexibility index (Phi) is 4.47. The van der Waals surface area contributed by atoms with E-state index in [-0.39, 0.29) is 0 Å². The van der Waals surface area contributed by atoms with Crippen LogP contribution in [0.2, 0.25) is 0 Å². The lowest BCUT2D eigenvalue weighted by molar-refractivity contribution is 0.415. The molecule has 2 N–H and O–H groups in total. The molecule has 0 spiro atoms. The highest BCUT2D eigenvalue weighted by molar-refractivity contribution is 5.77. The zero-order chi connectivity index (χ0) is 17.8. The van der Waals surface area contributed by atoms with Gasteiger partial charge in [-0.15, -0.1) is 0 Å².